The van der Waals surface area contributed by atoms with Crippen molar-refractivity contribution in [2.24, 2.45) is 46.3 Å². The lowest BCUT2D eigenvalue weighted by atomic mass is 9.47. The van der Waals surface area contributed by atoms with Crippen molar-refractivity contribution in [2.45, 2.75) is 215 Å². The van der Waals surface area contributed by atoms with Gasteiger partial charge in [-0.3, -0.25) is 4.79 Å². The standard InChI is InChI=1S/C46H80O2/c1-8-11-12-13-14-15-16-17-18-19-20-21-22-23-44(47)48-39-30-32-45(6)38(34-39)26-27-40-42-29-28-41(46(42,7)33-31-43(40)45)36(5)25-24-35(4)37(9-2)10-3/h26,36-37,39-43H,4,8-25,27-34H2,1-3,5-7H3. The average Bonchev–Trinajstić information content (AvgIpc) is 3.44. The molecule has 0 N–H and O–H groups in total. The van der Waals surface area contributed by atoms with Gasteiger partial charge in [0, 0.05) is 12.8 Å². The summed E-state index contributed by atoms with van der Waals surface area (Å²) in [5.41, 5.74) is 3.98. The van der Waals surface area contributed by atoms with Gasteiger partial charge >= 0.3 is 5.97 Å². The molecule has 0 amide bonds. The molecule has 0 spiro atoms. The van der Waals surface area contributed by atoms with E-state index in [1.165, 1.54) is 147 Å². The Hall–Kier alpha value is -1.05. The van der Waals surface area contributed by atoms with Crippen LogP contribution >= 0.6 is 0 Å². The van der Waals surface area contributed by atoms with E-state index < -0.39 is 0 Å². The summed E-state index contributed by atoms with van der Waals surface area (Å²) in [6.07, 6.45) is 36.0. The second kappa shape index (κ2) is 19.5. The predicted molar refractivity (Wildman–Crippen MR) is 207 cm³/mol. The van der Waals surface area contributed by atoms with Gasteiger partial charge in [-0.05, 0) is 123 Å². The number of allylic oxidation sites excluding steroid dienone is 2. The average molecular weight is 665 g/mol. The third-order valence-corrected chi connectivity index (χ3v) is 15.1. The first kappa shape index (κ1) is 39.7. The van der Waals surface area contributed by atoms with Crippen LogP contribution in [0.25, 0.3) is 0 Å². The molecule has 4 rings (SSSR count). The molecule has 0 aromatic carbocycles. The largest absolute Gasteiger partial charge is 0.462 e. The van der Waals surface area contributed by atoms with Crippen molar-refractivity contribution in [2.75, 3.05) is 0 Å². The highest BCUT2D eigenvalue weighted by Crippen LogP contribution is 2.67. The Morgan fingerprint density at radius 1 is 0.812 bits per heavy atom. The highest BCUT2D eigenvalue weighted by Gasteiger charge is 2.59. The number of rotatable bonds is 22. The van der Waals surface area contributed by atoms with Gasteiger partial charge in [-0.25, -0.2) is 0 Å². The van der Waals surface area contributed by atoms with E-state index in [1.54, 1.807) is 5.57 Å². The quantitative estimate of drug-likeness (QED) is 0.0654. The van der Waals surface area contributed by atoms with Crippen LogP contribution in [-0.2, 0) is 9.53 Å². The Balaban J connectivity index is 1.16. The minimum Gasteiger partial charge on any atom is -0.462 e. The summed E-state index contributed by atoms with van der Waals surface area (Å²) in [5, 5.41) is 0. The van der Waals surface area contributed by atoms with Gasteiger partial charge in [-0.2, -0.15) is 0 Å². The predicted octanol–water partition coefficient (Wildman–Crippen LogP) is 14.4. The van der Waals surface area contributed by atoms with Crippen molar-refractivity contribution < 1.29 is 9.53 Å². The number of carbonyl (C=O) groups is 1. The molecule has 0 bridgehead atoms. The second-order valence-electron chi connectivity index (χ2n) is 18.0. The summed E-state index contributed by atoms with van der Waals surface area (Å²) in [5.74, 6) is 5.01. The van der Waals surface area contributed by atoms with Gasteiger partial charge in [-0.15, -0.1) is 0 Å². The molecule has 4 aliphatic carbocycles. The van der Waals surface area contributed by atoms with Gasteiger partial charge in [0.05, 0.1) is 0 Å². The molecule has 276 valence electrons. The Morgan fingerprint density at radius 2 is 1.44 bits per heavy atom. The van der Waals surface area contributed by atoms with Crippen molar-refractivity contribution >= 4 is 5.97 Å². The van der Waals surface area contributed by atoms with Crippen LogP contribution in [0.3, 0.4) is 0 Å². The second-order valence-corrected chi connectivity index (χ2v) is 18.0. The fourth-order valence-corrected chi connectivity index (χ4v) is 11.9. The van der Waals surface area contributed by atoms with Gasteiger partial charge in [-0.1, -0.05) is 142 Å². The molecule has 0 heterocycles. The molecular formula is C46H80O2. The van der Waals surface area contributed by atoms with Crippen LogP contribution in [-0.4, -0.2) is 12.1 Å². The molecular weight excluding hydrogens is 585 g/mol. The molecule has 2 nitrogen and oxygen atoms in total. The summed E-state index contributed by atoms with van der Waals surface area (Å²) in [6, 6.07) is 0. The number of hydrogen-bond acceptors (Lipinski definition) is 2. The minimum atomic E-state index is 0.0593. The molecule has 3 fully saturated rings. The van der Waals surface area contributed by atoms with Crippen molar-refractivity contribution in [3.05, 3.63) is 23.8 Å². The van der Waals surface area contributed by atoms with Crippen LogP contribution in [0.2, 0.25) is 0 Å². The maximum Gasteiger partial charge on any atom is 0.306 e. The highest BCUT2D eigenvalue weighted by atomic mass is 16.5. The third-order valence-electron chi connectivity index (χ3n) is 15.1. The van der Waals surface area contributed by atoms with E-state index in [-0.39, 0.29) is 12.1 Å². The third kappa shape index (κ3) is 10.0. The zero-order valence-corrected chi connectivity index (χ0v) is 33.0. The summed E-state index contributed by atoms with van der Waals surface area (Å²) < 4.78 is 6.14. The maximum absolute atomic E-state index is 12.8. The fourth-order valence-electron chi connectivity index (χ4n) is 11.9. The SMILES string of the molecule is C=C(CCC(C)C1CCC2C3CC=C4CC(OC(=O)CCCCCCCCCCCCCCC)CCC4(C)C3CCC12C)C(CC)CC. The molecule has 0 saturated heterocycles. The van der Waals surface area contributed by atoms with Crippen molar-refractivity contribution in [3.63, 3.8) is 0 Å². The van der Waals surface area contributed by atoms with Gasteiger partial charge in [0.25, 0.3) is 0 Å². The molecule has 8 unspecified atom stereocenters. The summed E-state index contributed by atoms with van der Waals surface area (Å²) in [6.45, 7) is 19.3. The molecule has 0 aromatic rings. The van der Waals surface area contributed by atoms with E-state index in [0.29, 0.717) is 23.2 Å². The first-order valence-electron chi connectivity index (χ1n) is 21.7. The molecule has 2 heteroatoms. The van der Waals surface area contributed by atoms with Gasteiger partial charge in [0.2, 0.25) is 0 Å². The number of unbranched alkanes of at least 4 members (excludes halogenated alkanes) is 12. The van der Waals surface area contributed by atoms with Crippen molar-refractivity contribution in [1.29, 1.82) is 0 Å². The van der Waals surface area contributed by atoms with Crippen LogP contribution < -0.4 is 0 Å². The molecule has 3 saturated carbocycles. The van der Waals surface area contributed by atoms with Crippen LogP contribution in [0.1, 0.15) is 208 Å². The normalized spacial score (nSPS) is 31.9. The monoisotopic (exact) mass is 665 g/mol. The van der Waals surface area contributed by atoms with E-state index in [4.69, 9.17) is 4.74 Å². The molecule has 0 aromatic heterocycles. The topological polar surface area (TPSA) is 26.3 Å². The lowest BCUT2D eigenvalue weighted by Crippen LogP contribution is -2.51. The Kier molecular flexibility index (Phi) is 16.2. The van der Waals surface area contributed by atoms with Gasteiger partial charge in [0.15, 0.2) is 0 Å². The summed E-state index contributed by atoms with van der Waals surface area (Å²) in [4.78, 5) is 12.8. The first-order chi connectivity index (χ1) is 23.2. The van der Waals surface area contributed by atoms with E-state index in [2.05, 4.69) is 54.2 Å². The fraction of sp³-hybridized carbons (Fsp3) is 0.891. The molecule has 0 radical (unpaired) electrons. The van der Waals surface area contributed by atoms with E-state index in [0.717, 1.165) is 48.9 Å². The van der Waals surface area contributed by atoms with Gasteiger partial charge < -0.3 is 4.74 Å². The highest BCUT2D eigenvalue weighted by molar-refractivity contribution is 5.69. The van der Waals surface area contributed by atoms with Crippen LogP contribution in [0.15, 0.2) is 23.8 Å². The van der Waals surface area contributed by atoms with Crippen molar-refractivity contribution in [3.8, 4) is 0 Å². The maximum atomic E-state index is 12.8. The summed E-state index contributed by atoms with van der Waals surface area (Å²) >= 11 is 0. The van der Waals surface area contributed by atoms with Gasteiger partial charge in [0.1, 0.15) is 6.10 Å². The Morgan fingerprint density at radius 3 is 2.06 bits per heavy atom. The summed E-state index contributed by atoms with van der Waals surface area (Å²) in [7, 11) is 0. The number of ether oxygens (including phenoxy) is 1. The van der Waals surface area contributed by atoms with Crippen LogP contribution in [0.4, 0.5) is 0 Å². The zero-order valence-electron chi connectivity index (χ0n) is 33.0. The number of fused-ring (bicyclic) bond motifs is 5. The first-order valence-corrected chi connectivity index (χ1v) is 21.7. The zero-order chi connectivity index (χ0) is 34.6. The molecule has 0 aliphatic heterocycles. The van der Waals surface area contributed by atoms with E-state index in [9.17, 15) is 4.79 Å². The molecule has 4 aliphatic rings. The lowest BCUT2D eigenvalue weighted by molar-refractivity contribution is -0.151. The van der Waals surface area contributed by atoms with E-state index in [1.807, 2.05) is 0 Å². The Bertz CT molecular complexity index is 1010. The minimum absolute atomic E-state index is 0.0593. The van der Waals surface area contributed by atoms with Crippen LogP contribution in [0, 0.1) is 46.3 Å². The number of esters is 1. The van der Waals surface area contributed by atoms with Crippen molar-refractivity contribution in [1.82, 2.24) is 0 Å². The number of hydrogen-bond donors (Lipinski definition) is 0. The smallest absolute Gasteiger partial charge is 0.306 e. The van der Waals surface area contributed by atoms with Crippen LogP contribution in [0.5, 0.6) is 0 Å². The Labute approximate surface area is 299 Å². The van der Waals surface area contributed by atoms with E-state index >= 15 is 0 Å². The number of carbonyl (C=O) groups excluding carboxylic acids is 1. The lowest BCUT2D eigenvalue weighted by Gasteiger charge is -2.58. The molecule has 8 atom stereocenters. The molecule has 48 heavy (non-hydrogen) atoms.